The van der Waals surface area contributed by atoms with Crippen molar-refractivity contribution in [3.05, 3.63) is 58.8 Å². The molecular formula is C23H25NO3S. The van der Waals surface area contributed by atoms with Gasteiger partial charge in [-0.15, -0.1) is 11.8 Å². The Kier molecular flexibility index (Phi) is 5.36. The van der Waals surface area contributed by atoms with E-state index in [2.05, 4.69) is 24.0 Å². The van der Waals surface area contributed by atoms with Crippen LogP contribution in [0.2, 0.25) is 0 Å². The molecule has 146 valence electrons. The molecule has 5 heteroatoms. The van der Waals surface area contributed by atoms with Crippen molar-refractivity contribution in [2.24, 2.45) is 0 Å². The number of aromatic amines is 1. The maximum Gasteiger partial charge on any atom is 0.175 e. The Balaban J connectivity index is 1.48. The quantitative estimate of drug-likeness (QED) is 0.551. The molecule has 2 heterocycles. The molecule has 3 aromatic rings. The van der Waals surface area contributed by atoms with E-state index in [1.807, 2.05) is 38.1 Å². The Labute approximate surface area is 169 Å². The second kappa shape index (κ2) is 7.92. The van der Waals surface area contributed by atoms with E-state index in [1.165, 1.54) is 5.56 Å². The summed E-state index contributed by atoms with van der Waals surface area (Å²) < 4.78 is 11.7. The molecule has 1 N–H and O–H groups in total. The van der Waals surface area contributed by atoms with Gasteiger partial charge in [-0.1, -0.05) is 18.2 Å². The van der Waals surface area contributed by atoms with Crippen LogP contribution >= 0.6 is 11.8 Å². The van der Waals surface area contributed by atoms with Crippen LogP contribution in [0, 0.1) is 6.92 Å². The number of fused-ring (bicyclic) bond motifs is 2. The fraction of sp³-hybridized carbons (Fsp3) is 0.348. The summed E-state index contributed by atoms with van der Waals surface area (Å²) in [5.41, 5.74) is 5.04. The second-order valence-corrected chi connectivity index (χ2v) is 8.21. The van der Waals surface area contributed by atoms with Gasteiger partial charge in [-0.3, -0.25) is 4.79 Å². The van der Waals surface area contributed by atoms with Crippen molar-refractivity contribution >= 4 is 28.4 Å². The zero-order chi connectivity index (χ0) is 19.7. The van der Waals surface area contributed by atoms with Crippen molar-refractivity contribution in [2.75, 3.05) is 12.4 Å². The van der Waals surface area contributed by atoms with E-state index in [0.717, 1.165) is 45.6 Å². The molecule has 0 saturated carbocycles. The molecule has 0 saturated heterocycles. The normalized spacial score (nSPS) is 15.5. The molecule has 1 aromatic heterocycles. The Hall–Kier alpha value is -2.40. The van der Waals surface area contributed by atoms with Gasteiger partial charge in [-0.05, 0) is 39.0 Å². The number of thioether (sulfide) groups is 1. The second-order valence-electron chi connectivity index (χ2n) is 7.22. The molecule has 1 aliphatic heterocycles. The van der Waals surface area contributed by atoms with Gasteiger partial charge in [0.2, 0.25) is 0 Å². The Morgan fingerprint density at radius 1 is 1.32 bits per heavy atom. The van der Waals surface area contributed by atoms with Gasteiger partial charge in [0.05, 0.1) is 12.4 Å². The zero-order valence-electron chi connectivity index (χ0n) is 16.5. The predicted octanol–water partition coefficient (Wildman–Crippen LogP) is 5.31. The molecule has 1 aliphatic rings. The molecule has 0 aliphatic carbocycles. The van der Waals surface area contributed by atoms with Gasteiger partial charge in [0, 0.05) is 45.5 Å². The van der Waals surface area contributed by atoms with Crippen molar-refractivity contribution in [3.8, 4) is 11.5 Å². The average molecular weight is 396 g/mol. The molecule has 4 rings (SSSR count). The molecule has 0 amide bonds. The third-order valence-corrected chi connectivity index (χ3v) is 6.02. The molecule has 0 radical (unpaired) electrons. The molecule has 0 bridgehead atoms. The summed E-state index contributed by atoms with van der Waals surface area (Å²) in [5.74, 6) is 3.16. The van der Waals surface area contributed by atoms with E-state index < -0.39 is 0 Å². The summed E-state index contributed by atoms with van der Waals surface area (Å²) in [6, 6.07) is 12.1. The number of carbonyl (C=O) groups is 1. The van der Waals surface area contributed by atoms with Gasteiger partial charge < -0.3 is 14.5 Å². The van der Waals surface area contributed by atoms with Gasteiger partial charge in [0.15, 0.2) is 5.78 Å². The Morgan fingerprint density at radius 3 is 2.96 bits per heavy atom. The van der Waals surface area contributed by atoms with E-state index in [4.69, 9.17) is 9.47 Å². The highest BCUT2D eigenvalue weighted by Gasteiger charge is 2.22. The topological polar surface area (TPSA) is 51.3 Å². The molecular weight excluding hydrogens is 370 g/mol. The lowest BCUT2D eigenvalue weighted by molar-refractivity contribution is 0.102. The monoisotopic (exact) mass is 395 g/mol. The number of aryl methyl sites for hydroxylation is 1. The van der Waals surface area contributed by atoms with Gasteiger partial charge in [0.25, 0.3) is 0 Å². The van der Waals surface area contributed by atoms with E-state index in [9.17, 15) is 4.79 Å². The van der Waals surface area contributed by atoms with Crippen molar-refractivity contribution in [1.82, 2.24) is 4.98 Å². The number of H-pyrrole nitrogens is 1. The third kappa shape index (κ3) is 3.63. The van der Waals surface area contributed by atoms with Crippen LogP contribution in [0.4, 0.5) is 0 Å². The smallest absolute Gasteiger partial charge is 0.175 e. The van der Waals surface area contributed by atoms with E-state index in [1.54, 1.807) is 11.8 Å². The van der Waals surface area contributed by atoms with E-state index >= 15 is 0 Å². The summed E-state index contributed by atoms with van der Waals surface area (Å²) in [6.45, 7) is 6.66. The summed E-state index contributed by atoms with van der Waals surface area (Å²) in [7, 11) is 0. The number of rotatable bonds is 7. The van der Waals surface area contributed by atoms with Gasteiger partial charge >= 0.3 is 0 Å². The van der Waals surface area contributed by atoms with Crippen LogP contribution in [0.3, 0.4) is 0 Å². The lowest BCUT2D eigenvalue weighted by Crippen LogP contribution is -2.05. The third-order valence-electron chi connectivity index (χ3n) is 5.04. The highest BCUT2D eigenvalue weighted by Crippen LogP contribution is 2.37. The SMILES string of the molecule is CCOc1cc2c(cc1CSCC(=O)c1c(C)[nH]c3ccccc13)OC(C)C2. The molecule has 2 aromatic carbocycles. The molecule has 1 unspecified atom stereocenters. The maximum absolute atomic E-state index is 12.9. The first-order chi connectivity index (χ1) is 13.6. The lowest BCUT2D eigenvalue weighted by atomic mass is 10.1. The van der Waals surface area contributed by atoms with Gasteiger partial charge in [-0.25, -0.2) is 0 Å². The molecule has 1 atom stereocenters. The number of Topliss-reactive ketones (excluding diaryl/α,β-unsaturated/α-hetero) is 1. The number of hydrogen-bond acceptors (Lipinski definition) is 4. The van der Waals surface area contributed by atoms with Crippen LogP contribution in [-0.4, -0.2) is 29.2 Å². The number of ether oxygens (including phenoxy) is 2. The van der Waals surface area contributed by atoms with Crippen LogP contribution in [0.5, 0.6) is 11.5 Å². The lowest BCUT2D eigenvalue weighted by Gasteiger charge is -2.12. The minimum absolute atomic E-state index is 0.156. The first kappa shape index (κ1) is 18.9. The highest BCUT2D eigenvalue weighted by atomic mass is 32.2. The van der Waals surface area contributed by atoms with Crippen LogP contribution < -0.4 is 9.47 Å². The summed E-state index contributed by atoms with van der Waals surface area (Å²) in [4.78, 5) is 16.2. The maximum atomic E-state index is 12.9. The summed E-state index contributed by atoms with van der Waals surface area (Å²) in [5, 5.41) is 1.00. The molecule has 0 spiro atoms. The fourth-order valence-electron chi connectivity index (χ4n) is 3.85. The number of ketones is 1. The van der Waals surface area contributed by atoms with Crippen molar-refractivity contribution in [3.63, 3.8) is 0 Å². The van der Waals surface area contributed by atoms with Crippen LogP contribution in [0.25, 0.3) is 10.9 Å². The number of para-hydroxylation sites is 1. The van der Waals surface area contributed by atoms with Crippen molar-refractivity contribution in [2.45, 2.75) is 39.0 Å². The molecule has 4 nitrogen and oxygen atoms in total. The van der Waals surface area contributed by atoms with Crippen molar-refractivity contribution < 1.29 is 14.3 Å². The standard InChI is InChI=1S/C23H25NO3S/c1-4-26-21-10-16-9-14(2)27-22(16)11-17(21)12-28-13-20(25)23-15(3)24-19-8-6-5-7-18(19)23/h5-8,10-11,14,24H,4,9,12-13H2,1-3H3. The van der Waals surface area contributed by atoms with Crippen LogP contribution in [-0.2, 0) is 12.2 Å². The Morgan fingerprint density at radius 2 is 2.14 bits per heavy atom. The number of benzene rings is 2. The zero-order valence-corrected chi connectivity index (χ0v) is 17.3. The average Bonchev–Trinajstić information content (AvgIpc) is 3.19. The van der Waals surface area contributed by atoms with Gasteiger partial charge in [-0.2, -0.15) is 0 Å². The van der Waals surface area contributed by atoms with Crippen molar-refractivity contribution in [1.29, 1.82) is 0 Å². The minimum Gasteiger partial charge on any atom is -0.494 e. The molecule has 0 fully saturated rings. The van der Waals surface area contributed by atoms with Gasteiger partial charge in [0.1, 0.15) is 17.6 Å². The van der Waals surface area contributed by atoms with E-state index in [-0.39, 0.29) is 11.9 Å². The summed E-state index contributed by atoms with van der Waals surface area (Å²) >= 11 is 1.62. The number of nitrogens with one attached hydrogen (secondary N) is 1. The fourth-order valence-corrected chi connectivity index (χ4v) is 4.72. The number of hydrogen-bond donors (Lipinski definition) is 1. The number of aromatic nitrogens is 1. The largest absolute Gasteiger partial charge is 0.494 e. The van der Waals surface area contributed by atoms with E-state index in [0.29, 0.717) is 18.1 Å². The number of carbonyl (C=O) groups excluding carboxylic acids is 1. The Bertz CT molecular complexity index is 1020. The molecule has 28 heavy (non-hydrogen) atoms. The summed E-state index contributed by atoms with van der Waals surface area (Å²) in [6.07, 6.45) is 1.13. The minimum atomic E-state index is 0.156. The van der Waals surface area contributed by atoms with Crippen LogP contribution in [0.15, 0.2) is 36.4 Å². The predicted molar refractivity (Wildman–Crippen MR) is 115 cm³/mol. The first-order valence-corrected chi connectivity index (χ1v) is 10.9. The van der Waals surface area contributed by atoms with Crippen LogP contribution in [0.1, 0.15) is 41.0 Å². The highest BCUT2D eigenvalue weighted by molar-refractivity contribution is 7.99. The first-order valence-electron chi connectivity index (χ1n) is 9.70.